The molecule has 2 aromatic rings. The van der Waals surface area contributed by atoms with Crippen molar-refractivity contribution < 1.29 is 37.8 Å². The number of fused-ring (bicyclic) bond motifs is 3. The van der Waals surface area contributed by atoms with Gasteiger partial charge in [-0.1, -0.05) is 48.5 Å². The number of hydrogen-bond acceptors (Lipinski definition) is 5. The highest BCUT2D eigenvalue weighted by atomic mass is 19.3. The van der Waals surface area contributed by atoms with Gasteiger partial charge in [-0.25, -0.2) is 13.6 Å². The zero-order chi connectivity index (χ0) is 25.1. The maximum absolute atomic E-state index is 13.1. The fourth-order valence-electron chi connectivity index (χ4n) is 4.46. The molecule has 2 aliphatic rings. The first-order chi connectivity index (χ1) is 16.8. The Balaban J connectivity index is 1.42. The third-order valence-electron chi connectivity index (χ3n) is 6.16. The van der Waals surface area contributed by atoms with Crippen LogP contribution in [-0.2, 0) is 19.1 Å². The predicted molar refractivity (Wildman–Crippen MR) is 119 cm³/mol. The van der Waals surface area contributed by atoms with Crippen LogP contribution < -0.4 is 16.0 Å². The molecule has 4 rings (SSSR count). The molecule has 4 N–H and O–H groups in total. The fourth-order valence-corrected chi connectivity index (χ4v) is 4.46. The van der Waals surface area contributed by atoms with Gasteiger partial charge < -0.3 is 25.8 Å². The zero-order valence-corrected chi connectivity index (χ0v) is 18.4. The van der Waals surface area contributed by atoms with E-state index < -0.39 is 54.7 Å². The molecule has 3 unspecified atom stereocenters. The molecule has 3 atom stereocenters. The van der Waals surface area contributed by atoms with Crippen molar-refractivity contribution in [2.24, 2.45) is 5.92 Å². The summed E-state index contributed by atoms with van der Waals surface area (Å²) in [5.41, 5.74) is 3.93. The molecule has 1 aliphatic heterocycles. The van der Waals surface area contributed by atoms with E-state index in [0.29, 0.717) is 0 Å². The van der Waals surface area contributed by atoms with Crippen molar-refractivity contribution in [2.75, 3.05) is 13.2 Å². The van der Waals surface area contributed by atoms with Crippen molar-refractivity contribution in [3.05, 3.63) is 59.7 Å². The zero-order valence-electron chi connectivity index (χ0n) is 18.4. The smallest absolute Gasteiger partial charge is 0.407 e. The van der Waals surface area contributed by atoms with Gasteiger partial charge in [0.05, 0.1) is 0 Å². The SMILES string of the molecule is O=C(NC(CC(F)F)C(=O)NC1C(=O)NCC1C(=O)O)OCC1c2ccccc2-c2ccccc21. The molecule has 1 saturated heterocycles. The molecule has 9 nitrogen and oxygen atoms in total. The molecule has 0 aromatic heterocycles. The average molecular weight is 487 g/mol. The van der Waals surface area contributed by atoms with E-state index in [1.807, 2.05) is 48.5 Å². The van der Waals surface area contributed by atoms with Gasteiger partial charge in [0.25, 0.3) is 0 Å². The van der Waals surface area contributed by atoms with Crippen LogP contribution in [-0.4, -0.2) is 60.6 Å². The molecule has 0 bridgehead atoms. The van der Waals surface area contributed by atoms with E-state index in [0.717, 1.165) is 22.3 Å². The molecule has 184 valence electrons. The lowest BCUT2D eigenvalue weighted by Gasteiger charge is -2.22. The van der Waals surface area contributed by atoms with E-state index in [-0.39, 0.29) is 19.1 Å². The molecule has 3 amide bonds. The molecule has 0 radical (unpaired) electrons. The van der Waals surface area contributed by atoms with E-state index >= 15 is 0 Å². The van der Waals surface area contributed by atoms with Gasteiger partial charge in [-0.3, -0.25) is 14.4 Å². The van der Waals surface area contributed by atoms with Gasteiger partial charge in [0.2, 0.25) is 18.2 Å². The Morgan fingerprint density at radius 1 is 1.06 bits per heavy atom. The Labute approximate surface area is 198 Å². The van der Waals surface area contributed by atoms with Gasteiger partial charge in [0.1, 0.15) is 24.6 Å². The Morgan fingerprint density at radius 2 is 1.66 bits per heavy atom. The van der Waals surface area contributed by atoms with Crippen molar-refractivity contribution in [1.82, 2.24) is 16.0 Å². The lowest BCUT2D eigenvalue weighted by Crippen LogP contribution is -2.54. The Morgan fingerprint density at radius 3 is 2.23 bits per heavy atom. The van der Waals surface area contributed by atoms with Crippen LogP contribution >= 0.6 is 0 Å². The number of amides is 3. The Kier molecular flexibility index (Phi) is 6.94. The van der Waals surface area contributed by atoms with Crippen LogP contribution in [0.1, 0.15) is 23.5 Å². The number of rotatable bonds is 8. The minimum atomic E-state index is -2.95. The third-order valence-corrected chi connectivity index (χ3v) is 6.16. The fraction of sp³-hybridized carbons (Fsp3) is 0.333. The van der Waals surface area contributed by atoms with Crippen LogP contribution in [0.2, 0.25) is 0 Å². The van der Waals surface area contributed by atoms with Crippen molar-refractivity contribution in [3.8, 4) is 11.1 Å². The predicted octanol–water partition coefficient (Wildman–Crippen LogP) is 1.86. The van der Waals surface area contributed by atoms with Crippen molar-refractivity contribution in [1.29, 1.82) is 0 Å². The van der Waals surface area contributed by atoms with E-state index in [2.05, 4.69) is 16.0 Å². The summed E-state index contributed by atoms with van der Waals surface area (Å²) in [6, 6.07) is 12.1. The molecule has 35 heavy (non-hydrogen) atoms. The highest BCUT2D eigenvalue weighted by Crippen LogP contribution is 2.44. The molecule has 1 heterocycles. The van der Waals surface area contributed by atoms with Crippen LogP contribution in [0.4, 0.5) is 13.6 Å². The number of carboxylic acid groups (broad SMARTS) is 1. The number of hydrogen-bond donors (Lipinski definition) is 4. The first-order valence-electron chi connectivity index (χ1n) is 11.0. The summed E-state index contributed by atoms with van der Waals surface area (Å²) < 4.78 is 31.5. The molecule has 0 saturated carbocycles. The van der Waals surface area contributed by atoms with Gasteiger partial charge in [0.15, 0.2) is 0 Å². The van der Waals surface area contributed by atoms with Gasteiger partial charge >= 0.3 is 12.1 Å². The molecule has 11 heteroatoms. The second-order valence-electron chi connectivity index (χ2n) is 8.33. The highest BCUT2D eigenvalue weighted by Gasteiger charge is 2.42. The molecule has 0 spiro atoms. The quantitative estimate of drug-likeness (QED) is 0.449. The van der Waals surface area contributed by atoms with Gasteiger partial charge in [-0.05, 0) is 22.3 Å². The summed E-state index contributed by atoms with van der Waals surface area (Å²) >= 11 is 0. The summed E-state index contributed by atoms with van der Waals surface area (Å²) in [4.78, 5) is 48.2. The van der Waals surface area contributed by atoms with Crippen LogP contribution in [0.5, 0.6) is 0 Å². The second-order valence-corrected chi connectivity index (χ2v) is 8.33. The number of alkyl halides is 2. The van der Waals surface area contributed by atoms with Crippen LogP contribution in [0.3, 0.4) is 0 Å². The van der Waals surface area contributed by atoms with Crippen molar-refractivity contribution in [2.45, 2.75) is 30.8 Å². The molecular weight excluding hydrogens is 464 g/mol. The summed E-state index contributed by atoms with van der Waals surface area (Å²) in [7, 11) is 0. The normalized spacial score (nSPS) is 19.5. The number of aliphatic carboxylic acids is 1. The summed E-state index contributed by atoms with van der Waals surface area (Å²) in [6.45, 7) is -0.298. The van der Waals surface area contributed by atoms with Gasteiger partial charge in [-0.2, -0.15) is 0 Å². The summed E-state index contributed by atoms with van der Waals surface area (Å²) in [5.74, 6) is -4.71. The Bertz CT molecular complexity index is 1110. The molecule has 1 fully saturated rings. The molecule has 2 aromatic carbocycles. The van der Waals surface area contributed by atoms with E-state index in [1.165, 1.54) is 0 Å². The number of nitrogens with one attached hydrogen (secondary N) is 3. The maximum atomic E-state index is 13.1. The largest absolute Gasteiger partial charge is 0.481 e. The minimum Gasteiger partial charge on any atom is -0.481 e. The van der Waals surface area contributed by atoms with Gasteiger partial charge in [-0.15, -0.1) is 0 Å². The number of carbonyl (C=O) groups excluding carboxylic acids is 3. The van der Waals surface area contributed by atoms with Crippen molar-refractivity contribution >= 4 is 23.9 Å². The number of alkyl carbamates (subject to hydrolysis) is 1. The maximum Gasteiger partial charge on any atom is 0.407 e. The number of benzene rings is 2. The first kappa shape index (κ1) is 24.1. The lowest BCUT2D eigenvalue weighted by molar-refractivity contribution is -0.143. The average Bonchev–Trinajstić information content (AvgIpc) is 3.35. The second kappa shape index (κ2) is 10.1. The summed E-state index contributed by atoms with van der Waals surface area (Å²) in [6.07, 6.45) is -5.08. The lowest BCUT2D eigenvalue weighted by atomic mass is 9.98. The number of ether oxygens (including phenoxy) is 1. The van der Waals surface area contributed by atoms with Crippen LogP contribution in [0.15, 0.2) is 48.5 Å². The minimum absolute atomic E-state index is 0.0883. The van der Waals surface area contributed by atoms with E-state index in [9.17, 15) is 33.1 Å². The van der Waals surface area contributed by atoms with Crippen LogP contribution in [0.25, 0.3) is 11.1 Å². The van der Waals surface area contributed by atoms with E-state index in [1.54, 1.807) is 0 Å². The topological polar surface area (TPSA) is 134 Å². The number of carbonyl (C=O) groups is 4. The third kappa shape index (κ3) is 5.08. The van der Waals surface area contributed by atoms with E-state index in [4.69, 9.17) is 4.74 Å². The first-order valence-corrected chi connectivity index (χ1v) is 11.0. The molecule has 1 aliphatic carbocycles. The molecular formula is C24H23F2N3O6. The summed E-state index contributed by atoms with van der Waals surface area (Å²) in [5, 5.41) is 15.8. The van der Waals surface area contributed by atoms with Crippen molar-refractivity contribution in [3.63, 3.8) is 0 Å². The highest BCUT2D eigenvalue weighted by molar-refractivity contribution is 5.96. The monoisotopic (exact) mass is 487 g/mol. The standard InChI is InChI=1S/C24H23F2N3O6/c25-19(26)9-18(21(30)29-20-16(23(32)33)10-27-22(20)31)28-24(34)35-11-17-14-7-3-1-5-12(14)13-6-2-4-8-15(13)17/h1-8,16-20H,9-11H2,(H,27,31)(H,28,34)(H,29,30)(H,32,33). The number of halogens is 2. The Hall–Kier alpha value is -4.02. The van der Waals surface area contributed by atoms with Gasteiger partial charge in [0, 0.05) is 18.9 Å². The number of carboxylic acids is 1. The van der Waals surface area contributed by atoms with Crippen LogP contribution in [0, 0.1) is 5.92 Å².